The van der Waals surface area contributed by atoms with Crippen molar-refractivity contribution < 1.29 is 0 Å². The molecule has 0 bridgehead atoms. The summed E-state index contributed by atoms with van der Waals surface area (Å²) in [4.78, 5) is 0. The Labute approximate surface area is 122 Å². The quantitative estimate of drug-likeness (QED) is 0.492. The predicted molar refractivity (Wildman–Crippen MR) is 84.0 cm³/mol. The Morgan fingerprint density at radius 2 is 1.67 bits per heavy atom. The second-order valence-corrected chi connectivity index (χ2v) is 5.43. The molecule has 94 valence electrons. The van der Waals surface area contributed by atoms with Crippen LogP contribution in [0.5, 0.6) is 0 Å². The van der Waals surface area contributed by atoms with E-state index < -0.39 is 0 Å². The monoisotopic (exact) mass is 352 g/mol. The second-order valence-electron chi connectivity index (χ2n) is 4.27. The van der Waals surface area contributed by atoms with Crippen molar-refractivity contribution in [2.75, 3.05) is 0 Å². The molecule has 18 heavy (non-hydrogen) atoms. The second kappa shape index (κ2) is 6.87. The van der Waals surface area contributed by atoms with Gasteiger partial charge in [0.2, 0.25) is 0 Å². The van der Waals surface area contributed by atoms with Crippen LogP contribution < -0.4 is 11.3 Å². The van der Waals surface area contributed by atoms with Crippen molar-refractivity contribution >= 4 is 22.6 Å². The molecule has 3 N–H and O–H groups in total. The number of hydrogen-bond donors (Lipinski definition) is 2. The van der Waals surface area contributed by atoms with E-state index in [4.69, 9.17) is 5.84 Å². The van der Waals surface area contributed by atoms with E-state index in [0.717, 1.165) is 12.8 Å². The van der Waals surface area contributed by atoms with Crippen molar-refractivity contribution in [1.29, 1.82) is 0 Å². The van der Waals surface area contributed by atoms with Crippen LogP contribution in [0, 0.1) is 3.57 Å². The Morgan fingerprint density at radius 3 is 2.33 bits per heavy atom. The van der Waals surface area contributed by atoms with Crippen molar-refractivity contribution in [3.63, 3.8) is 0 Å². The fourth-order valence-electron chi connectivity index (χ4n) is 2.04. The molecule has 0 aliphatic heterocycles. The van der Waals surface area contributed by atoms with Gasteiger partial charge in [-0.25, -0.2) is 0 Å². The molecule has 2 rings (SSSR count). The molecule has 0 aliphatic rings. The summed E-state index contributed by atoms with van der Waals surface area (Å²) in [5.74, 6) is 5.68. The minimum absolute atomic E-state index is 0.207. The van der Waals surface area contributed by atoms with Crippen LogP contribution in [0.4, 0.5) is 0 Å². The number of hydrazine groups is 1. The maximum Gasteiger partial charge on any atom is 0.0473 e. The van der Waals surface area contributed by atoms with Crippen molar-refractivity contribution in [2.24, 2.45) is 5.84 Å². The van der Waals surface area contributed by atoms with Crippen LogP contribution in [0.25, 0.3) is 0 Å². The fraction of sp³-hybridized carbons (Fsp3) is 0.200. The summed E-state index contributed by atoms with van der Waals surface area (Å²) >= 11 is 2.36. The van der Waals surface area contributed by atoms with Crippen LogP contribution in [0.1, 0.15) is 23.6 Å². The van der Waals surface area contributed by atoms with Gasteiger partial charge in [0.05, 0.1) is 0 Å². The topological polar surface area (TPSA) is 38.0 Å². The summed E-state index contributed by atoms with van der Waals surface area (Å²) in [6.07, 6.45) is 2.03. The van der Waals surface area contributed by atoms with Gasteiger partial charge in [-0.3, -0.25) is 11.3 Å². The van der Waals surface area contributed by atoms with E-state index in [9.17, 15) is 0 Å². The summed E-state index contributed by atoms with van der Waals surface area (Å²) in [6.45, 7) is 0. The molecule has 1 unspecified atom stereocenters. The Balaban J connectivity index is 2.04. The van der Waals surface area contributed by atoms with Gasteiger partial charge in [0.25, 0.3) is 0 Å². The smallest absolute Gasteiger partial charge is 0.0473 e. The van der Waals surface area contributed by atoms with E-state index in [1.807, 2.05) is 6.07 Å². The summed E-state index contributed by atoms with van der Waals surface area (Å²) in [5, 5.41) is 0. The van der Waals surface area contributed by atoms with Gasteiger partial charge in [-0.2, -0.15) is 0 Å². The van der Waals surface area contributed by atoms with Crippen LogP contribution in [0.2, 0.25) is 0 Å². The van der Waals surface area contributed by atoms with Gasteiger partial charge >= 0.3 is 0 Å². The molecule has 2 aromatic carbocycles. The highest BCUT2D eigenvalue weighted by Crippen LogP contribution is 2.23. The zero-order valence-electron chi connectivity index (χ0n) is 10.1. The van der Waals surface area contributed by atoms with Gasteiger partial charge in [0.15, 0.2) is 0 Å². The Bertz CT molecular complexity index is 485. The summed E-state index contributed by atoms with van der Waals surface area (Å²) in [6, 6.07) is 19.1. The molecule has 0 aromatic heterocycles. The number of rotatable bonds is 5. The summed E-state index contributed by atoms with van der Waals surface area (Å²) in [7, 11) is 0. The molecule has 0 fully saturated rings. The standard InChI is InChI=1S/C15H17IN2/c16-14-9-5-4-8-13(14)15(18-17)11-10-12-6-2-1-3-7-12/h1-9,15,18H,10-11,17H2. The van der Waals surface area contributed by atoms with Crippen LogP contribution in [-0.2, 0) is 6.42 Å². The first-order chi connectivity index (χ1) is 8.81. The lowest BCUT2D eigenvalue weighted by Crippen LogP contribution is -2.29. The lowest BCUT2D eigenvalue weighted by molar-refractivity contribution is 0.514. The first-order valence-electron chi connectivity index (χ1n) is 6.05. The highest BCUT2D eigenvalue weighted by atomic mass is 127. The minimum Gasteiger partial charge on any atom is -0.271 e. The van der Waals surface area contributed by atoms with Crippen LogP contribution >= 0.6 is 22.6 Å². The normalized spacial score (nSPS) is 12.3. The van der Waals surface area contributed by atoms with Crippen molar-refractivity contribution in [3.8, 4) is 0 Å². The molecule has 0 heterocycles. The van der Waals surface area contributed by atoms with Gasteiger partial charge in [0, 0.05) is 9.61 Å². The molecular formula is C15H17IN2. The molecule has 0 saturated carbocycles. The zero-order chi connectivity index (χ0) is 12.8. The third-order valence-corrected chi connectivity index (χ3v) is 4.03. The average Bonchev–Trinajstić information content (AvgIpc) is 2.42. The molecule has 0 aliphatic carbocycles. The average molecular weight is 352 g/mol. The Hall–Kier alpha value is -0.910. The van der Waals surface area contributed by atoms with Crippen molar-refractivity contribution in [2.45, 2.75) is 18.9 Å². The van der Waals surface area contributed by atoms with E-state index in [-0.39, 0.29) is 6.04 Å². The lowest BCUT2D eigenvalue weighted by Gasteiger charge is -2.17. The van der Waals surface area contributed by atoms with E-state index in [0.29, 0.717) is 0 Å². The van der Waals surface area contributed by atoms with Crippen LogP contribution in [-0.4, -0.2) is 0 Å². The molecule has 2 aromatic rings. The first kappa shape index (κ1) is 13.5. The fourth-order valence-corrected chi connectivity index (χ4v) is 2.81. The van der Waals surface area contributed by atoms with E-state index >= 15 is 0 Å². The van der Waals surface area contributed by atoms with Gasteiger partial charge in [-0.15, -0.1) is 0 Å². The predicted octanol–water partition coefficient (Wildman–Crippen LogP) is 3.43. The molecule has 1 atom stereocenters. The molecule has 0 spiro atoms. The molecule has 0 amide bonds. The number of halogens is 1. The van der Waals surface area contributed by atoms with Crippen LogP contribution in [0.3, 0.4) is 0 Å². The third kappa shape index (κ3) is 3.54. The van der Waals surface area contributed by atoms with E-state index in [1.54, 1.807) is 0 Å². The largest absolute Gasteiger partial charge is 0.271 e. The lowest BCUT2D eigenvalue weighted by atomic mass is 9.99. The molecule has 0 radical (unpaired) electrons. The van der Waals surface area contributed by atoms with Crippen LogP contribution in [0.15, 0.2) is 54.6 Å². The summed E-state index contributed by atoms with van der Waals surface area (Å²) < 4.78 is 1.26. The third-order valence-electron chi connectivity index (χ3n) is 3.05. The number of benzene rings is 2. The molecule has 2 nitrogen and oxygen atoms in total. The van der Waals surface area contributed by atoms with E-state index in [2.05, 4.69) is 76.5 Å². The van der Waals surface area contributed by atoms with Gasteiger partial charge in [0.1, 0.15) is 0 Å². The van der Waals surface area contributed by atoms with Gasteiger partial charge in [-0.1, -0.05) is 48.5 Å². The minimum atomic E-state index is 0.207. The van der Waals surface area contributed by atoms with Gasteiger partial charge in [-0.05, 0) is 52.6 Å². The summed E-state index contributed by atoms with van der Waals surface area (Å²) in [5.41, 5.74) is 5.55. The highest BCUT2D eigenvalue weighted by molar-refractivity contribution is 14.1. The zero-order valence-corrected chi connectivity index (χ0v) is 12.3. The van der Waals surface area contributed by atoms with Crippen molar-refractivity contribution in [1.82, 2.24) is 5.43 Å². The first-order valence-corrected chi connectivity index (χ1v) is 7.13. The molecular weight excluding hydrogens is 335 g/mol. The Morgan fingerprint density at radius 1 is 1.00 bits per heavy atom. The SMILES string of the molecule is NNC(CCc1ccccc1)c1ccccc1I. The number of hydrogen-bond acceptors (Lipinski definition) is 2. The maximum atomic E-state index is 5.68. The molecule has 3 heteroatoms. The number of nitrogens with one attached hydrogen (secondary N) is 1. The molecule has 0 saturated heterocycles. The Kier molecular flexibility index (Phi) is 5.16. The number of nitrogens with two attached hydrogens (primary N) is 1. The highest BCUT2D eigenvalue weighted by Gasteiger charge is 2.12. The number of aryl methyl sites for hydroxylation is 1. The van der Waals surface area contributed by atoms with Gasteiger partial charge < -0.3 is 0 Å². The van der Waals surface area contributed by atoms with Crippen molar-refractivity contribution in [3.05, 3.63) is 69.3 Å². The van der Waals surface area contributed by atoms with E-state index in [1.165, 1.54) is 14.7 Å². The maximum absolute atomic E-state index is 5.68.